The van der Waals surface area contributed by atoms with E-state index in [0.29, 0.717) is 17.4 Å². The van der Waals surface area contributed by atoms with E-state index in [1.165, 1.54) is 5.56 Å². The molecule has 2 heterocycles. The molecule has 0 radical (unpaired) electrons. The Labute approximate surface area is 133 Å². The third kappa shape index (κ3) is 2.64. The monoisotopic (exact) mass is 302 g/mol. The molecule has 4 aromatic rings. The van der Waals surface area contributed by atoms with Crippen molar-refractivity contribution in [2.45, 2.75) is 6.92 Å². The standard InChI is InChI=1S/C18H14N4O/c1-12-7-9-13(10-8-12)15-11-16(21-20-15)18-19-17(22-23-18)14-5-3-2-4-6-14/h2-11H,1H3,(H,20,21). The minimum Gasteiger partial charge on any atom is -0.332 e. The van der Waals surface area contributed by atoms with Gasteiger partial charge in [-0.2, -0.15) is 10.1 Å². The molecule has 112 valence electrons. The van der Waals surface area contributed by atoms with Gasteiger partial charge in [-0.25, -0.2) is 0 Å². The van der Waals surface area contributed by atoms with E-state index in [1.54, 1.807) is 0 Å². The van der Waals surface area contributed by atoms with Gasteiger partial charge in [0.2, 0.25) is 5.82 Å². The SMILES string of the molecule is Cc1ccc(-c2cc(-c3nc(-c4ccccc4)no3)[nH]n2)cc1. The van der Waals surface area contributed by atoms with Crippen molar-refractivity contribution in [3.63, 3.8) is 0 Å². The molecular formula is C18H14N4O. The maximum absolute atomic E-state index is 5.34. The number of aryl methyl sites for hydroxylation is 1. The van der Waals surface area contributed by atoms with Gasteiger partial charge in [-0.3, -0.25) is 5.10 Å². The van der Waals surface area contributed by atoms with Crippen LogP contribution in [0.15, 0.2) is 65.2 Å². The Bertz CT molecular complexity index is 923. The lowest BCUT2D eigenvalue weighted by Crippen LogP contribution is -1.80. The van der Waals surface area contributed by atoms with Crippen molar-refractivity contribution >= 4 is 0 Å². The number of aromatic nitrogens is 4. The molecule has 5 nitrogen and oxygen atoms in total. The molecule has 2 aromatic heterocycles. The summed E-state index contributed by atoms with van der Waals surface area (Å²) < 4.78 is 5.34. The van der Waals surface area contributed by atoms with E-state index in [0.717, 1.165) is 16.8 Å². The summed E-state index contributed by atoms with van der Waals surface area (Å²) in [7, 11) is 0. The Hall–Kier alpha value is -3.21. The third-order valence-corrected chi connectivity index (χ3v) is 3.61. The predicted molar refractivity (Wildman–Crippen MR) is 87.5 cm³/mol. The van der Waals surface area contributed by atoms with Gasteiger partial charge >= 0.3 is 0 Å². The molecule has 0 atom stereocenters. The van der Waals surface area contributed by atoms with Crippen LogP contribution in [0.5, 0.6) is 0 Å². The molecule has 0 aliphatic carbocycles. The quantitative estimate of drug-likeness (QED) is 0.618. The van der Waals surface area contributed by atoms with E-state index in [-0.39, 0.29) is 0 Å². The van der Waals surface area contributed by atoms with Gasteiger partial charge in [0.25, 0.3) is 5.89 Å². The first-order valence-electron chi connectivity index (χ1n) is 7.31. The first kappa shape index (κ1) is 13.5. The molecule has 0 aliphatic heterocycles. The lowest BCUT2D eigenvalue weighted by atomic mass is 10.1. The Balaban J connectivity index is 1.65. The highest BCUT2D eigenvalue weighted by molar-refractivity contribution is 5.65. The second-order valence-corrected chi connectivity index (χ2v) is 5.32. The van der Waals surface area contributed by atoms with Crippen molar-refractivity contribution in [3.8, 4) is 34.2 Å². The summed E-state index contributed by atoms with van der Waals surface area (Å²) in [5.41, 5.74) is 4.73. The second kappa shape index (κ2) is 5.53. The summed E-state index contributed by atoms with van der Waals surface area (Å²) in [5, 5.41) is 11.3. The number of benzene rings is 2. The van der Waals surface area contributed by atoms with Crippen molar-refractivity contribution < 1.29 is 4.52 Å². The summed E-state index contributed by atoms with van der Waals surface area (Å²) in [6.45, 7) is 2.06. The lowest BCUT2D eigenvalue weighted by molar-refractivity contribution is 0.431. The van der Waals surface area contributed by atoms with E-state index in [2.05, 4.69) is 39.4 Å². The van der Waals surface area contributed by atoms with Crippen LogP contribution in [-0.2, 0) is 0 Å². The van der Waals surface area contributed by atoms with Crippen molar-refractivity contribution in [2.75, 3.05) is 0 Å². The van der Waals surface area contributed by atoms with Crippen molar-refractivity contribution in [1.82, 2.24) is 20.3 Å². The fourth-order valence-corrected chi connectivity index (χ4v) is 2.34. The Kier molecular flexibility index (Phi) is 3.24. The Morgan fingerprint density at radius 2 is 1.70 bits per heavy atom. The Morgan fingerprint density at radius 1 is 0.913 bits per heavy atom. The van der Waals surface area contributed by atoms with Gasteiger partial charge in [-0.1, -0.05) is 65.3 Å². The van der Waals surface area contributed by atoms with Crippen LogP contribution < -0.4 is 0 Å². The highest BCUT2D eigenvalue weighted by Crippen LogP contribution is 2.25. The van der Waals surface area contributed by atoms with Crippen LogP contribution in [0.1, 0.15) is 5.56 Å². The van der Waals surface area contributed by atoms with Gasteiger partial charge in [0.15, 0.2) is 0 Å². The zero-order valence-corrected chi connectivity index (χ0v) is 12.5. The summed E-state index contributed by atoms with van der Waals surface area (Å²) in [6, 6.07) is 19.8. The number of nitrogens with one attached hydrogen (secondary N) is 1. The molecule has 0 spiro atoms. The van der Waals surface area contributed by atoms with Gasteiger partial charge in [0.1, 0.15) is 5.69 Å². The fraction of sp³-hybridized carbons (Fsp3) is 0.0556. The van der Waals surface area contributed by atoms with E-state index >= 15 is 0 Å². The average Bonchev–Trinajstić information content (AvgIpc) is 3.26. The zero-order chi connectivity index (χ0) is 15.6. The van der Waals surface area contributed by atoms with Crippen LogP contribution in [0, 0.1) is 6.92 Å². The van der Waals surface area contributed by atoms with Crippen LogP contribution in [0.2, 0.25) is 0 Å². The number of aromatic amines is 1. The highest BCUT2D eigenvalue weighted by Gasteiger charge is 2.13. The molecule has 0 bridgehead atoms. The average molecular weight is 302 g/mol. The van der Waals surface area contributed by atoms with Crippen molar-refractivity contribution in [2.24, 2.45) is 0 Å². The Morgan fingerprint density at radius 3 is 2.48 bits per heavy atom. The molecule has 0 unspecified atom stereocenters. The van der Waals surface area contributed by atoms with Crippen LogP contribution in [-0.4, -0.2) is 20.3 Å². The molecule has 5 heteroatoms. The minimum absolute atomic E-state index is 0.426. The molecule has 1 N–H and O–H groups in total. The topological polar surface area (TPSA) is 67.6 Å². The zero-order valence-electron chi connectivity index (χ0n) is 12.5. The number of H-pyrrole nitrogens is 1. The number of hydrogen-bond acceptors (Lipinski definition) is 4. The molecule has 0 fully saturated rings. The summed E-state index contributed by atoms with van der Waals surface area (Å²) in [5.74, 6) is 0.988. The van der Waals surface area contributed by atoms with Crippen LogP contribution >= 0.6 is 0 Å². The van der Waals surface area contributed by atoms with E-state index in [9.17, 15) is 0 Å². The van der Waals surface area contributed by atoms with Crippen LogP contribution in [0.4, 0.5) is 0 Å². The maximum Gasteiger partial charge on any atom is 0.276 e. The molecule has 4 rings (SSSR count). The normalized spacial score (nSPS) is 10.8. The van der Waals surface area contributed by atoms with E-state index < -0.39 is 0 Å². The largest absolute Gasteiger partial charge is 0.332 e. The summed E-state index contributed by atoms with van der Waals surface area (Å²) >= 11 is 0. The first-order chi connectivity index (χ1) is 11.3. The number of nitrogens with zero attached hydrogens (tertiary/aromatic N) is 3. The van der Waals surface area contributed by atoms with Gasteiger partial charge < -0.3 is 4.52 Å². The lowest BCUT2D eigenvalue weighted by Gasteiger charge is -1.95. The van der Waals surface area contributed by atoms with Gasteiger partial charge in [0, 0.05) is 11.1 Å². The molecular weight excluding hydrogens is 288 g/mol. The van der Waals surface area contributed by atoms with Gasteiger partial charge in [-0.15, -0.1) is 0 Å². The third-order valence-electron chi connectivity index (χ3n) is 3.61. The molecule has 0 saturated heterocycles. The maximum atomic E-state index is 5.34. The number of rotatable bonds is 3. The van der Waals surface area contributed by atoms with Gasteiger partial charge in [-0.05, 0) is 13.0 Å². The van der Waals surface area contributed by atoms with Crippen molar-refractivity contribution in [1.29, 1.82) is 0 Å². The van der Waals surface area contributed by atoms with Crippen LogP contribution in [0.3, 0.4) is 0 Å². The fourth-order valence-electron chi connectivity index (χ4n) is 2.34. The molecule has 0 aliphatic rings. The van der Waals surface area contributed by atoms with Crippen LogP contribution in [0.25, 0.3) is 34.2 Å². The summed E-state index contributed by atoms with van der Waals surface area (Å²) in [6.07, 6.45) is 0. The molecule has 23 heavy (non-hydrogen) atoms. The highest BCUT2D eigenvalue weighted by atomic mass is 16.5. The molecule has 0 saturated carbocycles. The van der Waals surface area contributed by atoms with Gasteiger partial charge in [0.05, 0.1) is 5.69 Å². The minimum atomic E-state index is 0.426. The predicted octanol–water partition coefficient (Wildman–Crippen LogP) is 4.10. The molecule has 2 aromatic carbocycles. The number of hydrogen-bond donors (Lipinski definition) is 1. The first-order valence-corrected chi connectivity index (χ1v) is 7.31. The summed E-state index contributed by atoms with van der Waals surface area (Å²) in [4.78, 5) is 4.42. The van der Waals surface area contributed by atoms with E-state index in [1.807, 2.05) is 48.5 Å². The molecule has 0 amide bonds. The second-order valence-electron chi connectivity index (χ2n) is 5.32. The smallest absolute Gasteiger partial charge is 0.276 e. The van der Waals surface area contributed by atoms with E-state index in [4.69, 9.17) is 4.52 Å². The van der Waals surface area contributed by atoms with Crippen molar-refractivity contribution in [3.05, 3.63) is 66.2 Å².